The third kappa shape index (κ3) is 3.32. The van der Waals surface area contributed by atoms with Gasteiger partial charge in [-0.25, -0.2) is 0 Å². The van der Waals surface area contributed by atoms with E-state index in [0.717, 1.165) is 12.1 Å². The molecule has 120 valence electrons. The van der Waals surface area contributed by atoms with E-state index in [9.17, 15) is 9.59 Å². The Morgan fingerprint density at radius 3 is 2.82 bits per heavy atom. The van der Waals surface area contributed by atoms with E-state index in [-0.39, 0.29) is 18.6 Å². The van der Waals surface area contributed by atoms with E-state index in [0.29, 0.717) is 11.4 Å². The van der Waals surface area contributed by atoms with E-state index in [1.807, 2.05) is 19.9 Å². The van der Waals surface area contributed by atoms with Gasteiger partial charge in [0, 0.05) is 6.07 Å². The van der Waals surface area contributed by atoms with Gasteiger partial charge >= 0.3 is 5.97 Å². The smallest absolute Gasteiger partial charge is 0.326 e. The van der Waals surface area contributed by atoms with Crippen LogP contribution in [0.5, 0.6) is 5.75 Å². The Morgan fingerprint density at radius 2 is 2.18 bits per heavy atom. The molecule has 1 amide bonds. The largest absolute Gasteiger partial charge is 0.497 e. The average molecular weight is 306 g/mol. The van der Waals surface area contributed by atoms with Crippen LogP contribution in [0.2, 0.25) is 0 Å². The fourth-order valence-corrected chi connectivity index (χ4v) is 2.28. The number of carbonyl (C=O) groups excluding carboxylic acids is 2. The van der Waals surface area contributed by atoms with Crippen LogP contribution in [-0.4, -0.2) is 37.7 Å². The van der Waals surface area contributed by atoms with E-state index in [1.165, 1.54) is 4.90 Å². The lowest BCUT2D eigenvalue weighted by Gasteiger charge is -2.33. The normalized spacial score (nSPS) is 18.3. The maximum absolute atomic E-state index is 12.4. The molecule has 0 radical (unpaired) electrons. The maximum Gasteiger partial charge on any atom is 0.326 e. The van der Waals surface area contributed by atoms with Gasteiger partial charge in [-0.2, -0.15) is 0 Å². The lowest BCUT2D eigenvalue weighted by atomic mass is 10.1. The van der Waals surface area contributed by atoms with Crippen molar-refractivity contribution in [1.29, 1.82) is 0 Å². The predicted octanol–water partition coefficient (Wildman–Crippen LogP) is 2.18. The number of benzene rings is 1. The predicted molar refractivity (Wildman–Crippen MR) is 84.3 cm³/mol. The van der Waals surface area contributed by atoms with Crippen LogP contribution in [-0.2, 0) is 14.3 Å². The Hall–Kier alpha value is -2.24. The zero-order chi connectivity index (χ0) is 16.3. The van der Waals surface area contributed by atoms with Crippen molar-refractivity contribution in [2.24, 2.45) is 0 Å². The number of ether oxygens (including phenoxy) is 2. The van der Waals surface area contributed by atoms with E-state index in [2.05, 4.69) is 5.32 Å². The third-order valence-electron chi connectivity index (χ3n) is 3.70. The maximum atomic E-state index is 12.4. The zero-order valence-corrected chi connectivity index (χ0v) is 13.4. The van der Waals surface area contributed by atoms with Crippen molar-refractivity contribution >= 4 is 23.3 Å². The molecule has 6 heteroatoms. The minimum Gasteiger partial charge on any atom is -0.497 e. The molecule has 22 heavy (non-hydrogen) atoms. The van der Waals surface area contributed by atoms with Gasteiger partial charge in [0.05, 0.1) is 24.6 Å². The van der Waals surface area contributed by atoms with Gasteiger partial charge in [0.15, 0.2) is 0 Å². The van der Waals surface area contributed by atoms with Crippen LogP contribution in [0.15, 0.2) is 18.2 Å². The fourth-order valence-electron chi connectivity index (χ4n) is 2.28. The number of fused-ring (bicyclic) bond motifs is 1. The number of amides is 1. The number of hydrogen-bond donors (Lipinski definition) is 1. The molecule has 0 saturated heterocycles. The molecule has 0 spiro atoms. The van der Waals surface area contributed by atoms with Crippen LogP contribution in [0.25, 0.3) is 0 Å². The number of methoxy groups -OCH3 is 1. The first-order chi connectivity index (χ1) is 10.5. The number of hydrogen-bond acceptors (Lipinski definition) is 5. The topological polar surface area (TPSA) is 67.9 Å². The summed E-state index contributed by atoms with van der Waals surface area (Å²) in [6.07, 6.45) is 0.587. The van der Waals surface area contributed by atoms with Crippen molar-refractivity contribution in [3.63, 3.8) is 0 Å². The quantitative estimate of drug-likeness (QED) is 0.845. The number of esters is 1. The van der Waals surface area contributed by atoms with Crippen molar-refractivity contribution in [3.05, 3.63) is 18.2 Å². The zero-order valence-electron chi connectivity index (χ0n) is 13.4. The molecule has 1 aliphatic heterocycles. The summed E-state index contributed by atoms with van der Waals surface area (Å²) < 4.78 is 10.5. The molecule has 1 aromatic rings. The standard InChI is InChI=1S/C16H22N2O4/c1-5-10(2)22-15(19)9-18-14-7-6-12(21-4)8-13(14)17-11(3)16(18)20/h6-8,10-11,17H,5,9H2,1-4H3. The molecule has 6 nitrogen and oxygen atoms in total. The Kier molecular flexibility index (Phi) is 4.90. The van der Waals surface area contributed by atoms with Gasteiger partial charge in [0.25, 0.3) is 0 Å². The van der Waals surface area contributed by atoms with Crippen molar-refractivity contribution in [1.82, 2.24) is 0 Å². The summed E-state index contributed by atoms with van der Waals surface area (Å²) in [4.78, 5) is 25.8. The summed E-state index contributed by atoms with van der Waals surface area (Å²) in [5.74, 6) is 0.132. The average Bonchev–Trinajstić information content (AvgIpc) is 2.50. The number of anilines is 2. The molecule has 1 aliphatic rings. The lowest BCUT2D eigenvalue weighted by Crippen LogP contribution is -2.48. The molecule has 0 saturated carbocycles. The number of nitrogens with one attached hydrogen (secondary N) is 1. The Labute approximate surface area is 130 Å². The van der Waals surface area contributed by atoms with Crippen molar-refractivity contribution in [2.45, 2.75) is 39.3 Å². The highest BCUT2D eigenvalue weighted by Crippen LogP contribution is 2.34. The van der Waals surface area contributed by atoms with Crippen LogP contribution >= 0.6 is 0 Å². The van der Waals surface area contributed by atoms with Crippen LogP contribution < -0.4 is 15.0 Å². The minimum absolute atomic E-state index is 0.0888. The summed E-state index contributed by atoms with van der Waals surface area (Å²) in [5, 5.41) is 3.12. The Balaban J connectivity index is 2.23. The highest BCUT2D eigenvalue weighted by Gasteiger charge is 2.31. The SMILES string of the molecule is CCC(C)OC(=O)CN1C(=O)C(C)Nc2cc(OC)ccc21. The molecule has 1 aromatic carbocycles. The molecular weight excluding hydrogens is 284 g/mol. The molecule has 0 bridgehead atoms. The van der Waals surface area contributed by atoms with Gasteiger partial charge in [0.2, 0.25) is 5.91 Å². The van der Waals surface area contributed by atoms with Gasteiger partial charge in [0.1, 0.15) is 18.3 Å². The molecule has 2 unspecified atom stereocenters. The molecule has 0 aromatic heterocycles. The summed E-state index contributed by atoms with van der Waals surface area (Å²) in [6.45, 7) is 5.45. The molecule has 2 atom stereocenters. The summed E-state index contributed by atoms with van der Waals surface area (Å²) in [5.41, 5.74) is 1.42. The molecule has 2 rings (SSSR count). The van der Waals surface area contributed by atoms with Gasteiger partial charge < -0.3 is 14.8 Å². The first-order valence-electron chi connectivity index (χ1n) is 7.41. The van der Waals surface area contributed by atoms with Gasteiger partial charge in [-0.3, -0.25) is 14.5 Å². The molecule has 1 heterocycles. The molecule has 1 N–H and O–H groups in total. The van der Waals surface area contributed by atoms with Crippen molar-refractivity contribution in [2.75, 3.05) is 23.9 Å². The lowest BCUT2D eigenvalue weighted by molar-refractivity contribution is -0.147. The highest BCUT2D eigenvalue weighted by molar-refractivity contribution is 6.07. The molecule has 0 aliphatic carbocycles. The first-order valence-corrected chi connectivity index (χ1v) is 7.41. The number of carbonyl (C=O) groups is 2. The number of nitrogens with zero attached hydrogens (tertiary/aromatic N) is 1. The summed E-state index contributed by atoms with van der Waals surface area (Å²) in [7, 11) is 1.58. The Bertz CT molecular complexity index is 573. The van der Waals surface area contributed by atoms with Crippen LogP contribution in [0.4, 0.5) is 11.4 Å². The van der Waals surface area contributed by atoms with Gasteiger partial charge in [-0.15, -0.1) is 0 Å². The second kappa shape index (κ2) is 6.68. The van der Waals surface area contributed by atoms with Crippen molar-refractivity contribution < 1.29 is 19.1 Å². The van der Waals surface area contributed by atoms with Crippen LogP contribution in [0.1, 0.15) is 27.2 Å². The second-order valence-corrected chi connectivity index (χ2v) is 5.38. The molecule has 0 fully saturated rings. The first kappa shape index (κ1) is 16.1. The minimum atomic E-state index is -0.406. The van der Waals surface area contributed by atoms with Crippen LogP contribution in [0.3, 0.4) is 0 Å². The third-order valence-corrected chi connectivity index (χ3v) is 3.70. The van der Waals surface area contributed by atoms with E-state index in [1.54, 1.807) is 26.2 Å². The van der Waals surface area contributed by atoms with Gasteiger partial charge in [-0.1, -0.05) is 6.92 Å². The highest BCUT2D eigenvalue weighted by atomic mass is 16.5. The van der Waals surface area contributed by atoms with Crippen LogP contribution in [0, 0.1) is 0 Å². The van der Waals surface area contributed by atoms with Gasteiger partial charge in [-0.05, 0) is 32.4 Å². The van der Waals surface area contributed by atoms with E-state index < -0.39 is 12.0 Å². The second-order valence-electron chi connectivity index (χ2n) is 5.38. The molecular formula is C16H22N2O4. The summed E-state index contributed by atoms with van der Waals surface area (Å²) >= 11 is 0. The fraction of sp³-hybridized carbons (Fsp3) is 0.500. The van der Waals surface area contributed by atoms with Crippen molar-refractivity contribution in [3.8, 4) is 5.75 Å². The number of rotatable bonds is 5. The van der Waals surface area contributed by atoms with E-state index >= 15 is 0 Å². The Morgan fingerprint density at radius 1 is 1.45 bits per heavy atom. The monoisotopic (exact) mass is 306 g/mol. The van der Waals surface area contributed by atoms with E-state index in [4.69, 9.17) is 9.47 Å². The summed E-state index contributed by atoms with van der Waals surface area (Å²) in [6, 6.07) is 4.93.